The van der Waals surface area contributed by atoms with Crippen LogP contribution in [-0.4, -0.2) is 28.1 Å². The first-order valence-corrected chi connectivity index (χ1v) is 7.07. The topological polar surface area (TPSA) is 75.4 Å². The number of nitrogens with one attached hydrogen (secondary N) is 1. The molecular weight excluding hydrogens is 268 g/mol. The molecule has 0 spiro atoms. The van der Waals surface area contributed by atoms with E-state index in [1.807, 2.05) is 37.3 Å². The highest BCUT2D eigenvalue weighted by atomic mass is 16.3. The molecule has 21 heavy (non-hydrogen) atoms. The molecule has 1 atom stereocenters. The van der Waals surface area contributed by atoms with Crippen molar-refractivity contribution < 1.29 is 14.3 Å². The molecule has 1 aromatic carbocycles. The summed E-state index contributed by atoms with van der Waals surface area (Å²) >= 11 is 0. The summed E-state index contributed by atoms with van der Waals surface area (Å²) in [5.41, 5.74) is 0.473. The van der Waals surface area contributed by atoms with E-state index in [1.165, 1.54) is 6.26 Å². The van der Waals surface area contributed by atoms with E-state index in [2.05, 4.69) is 10.3 Å². The number of hydrogen-bond donors (Lipinski definition) is 2. The van der Waals surface area contributed by atoms with Gasteiger partial charge in [-0.3, -0.25) is 4.79 Å². The molecule has 2 N–H and O–H groups in total. The summed E-state index contributed by atoms with van der Waals surface area (Å²) in [5.74, 6) is 0.439. The summed E-state index contributed by atoms with van der Waals surface area (Å²) in [5, 5.41) is 12.4. The molecule has 1 fully saturated rings. The van der Waals surface area contributed by atoms with Gasteiger partial charge in [0.15, 0.2) is 5.69 Å². The van der Waals surface area contributed by atoms with E-state index in [-0.39, 0.29) is 18.2 Å². The van der Waals surface area contributed by atoms with Crippen LogP contribution in [0.1, 0.15) is 30.3 Å². The first-order chi connectivity index (χ1) is 10.1. The van der Waals surface area contributed by atoms with E-state index in [0.717, 1.165) is 18.4 Å². The number of aromatic nitrogens is 1. The lowest BCUT2D eigenvalue weighted by Gasteiger charge is -2.28. The van der Waals surface area contributed by atoms with Gasteiger partial charge in [-0.2, -0.15) is 0 Å². The van der Waals surface area contributed by atoms with Crippen LogP contribution < -0.4 is 5.32 Å². The number of oxazole rings is 1. The third-order valence-electron chi connectivity index (χ3n) is 3.96. The van der Waals surface area contributed by atoms with Crippen molar-refractivity contribution in [2.24, 2.45) is 5.92 Å². The van der Waals surface area contributed by atoms with Crippen molar-refractivity contribution in [3.8, 4) is 11.5 Å². The molecule has 0 radical (unpaired) electrons. The van der Waals surface area contributed by atoms with Gasteiger partial charge in [-0.25, -0.2) is 4.98 Å². The second-order valence-corrected chi connectivity index (χ2v) is 5.71. The largest absolute Gasteiger partial charge is 0.444 e. The van der Waals surface area contributed by atoms with E-state index in [4.69, 9.17) is 4.42 Å². The summed E-state index contributed by atoms with van der Waals surface area (Å²) in [6, 6.07) is 9.41. The fourth-order valence-electron chi connectivity index (χ4n) is 2.41. The number of aliphatic hydroxyl groups is 1. The molecule has 110 valence electrons. The van der Waals surface area contributed by atoms with Crippen LogP contribution in [0.5, 0.6) is 0 Å². The minimum atomic E-state index is -0.580. The highest BCUT2D eigenvalue weighted by Crippen LogP contribution is 2.39. The van der Waals surface area contributed by atoms with Crippen LogP contribution >= 0.6 is 0 Å². The Kier molecular flexibility index (Phi) is 3.51. The lowest BCUT2D eigenvalue weighted by atomic mass is 9.97. The second kappa shape index (κ2) is 5.33. The molecule has 1 unspecified atom stereocenters. The van der Waals surface area contributed by atoms with E-state index in [9.17, 15) is 9.90 Å². The zero-order chi connectivity index (χ0) is 14.9. The monoisotopic (exact) mass is 286 g/mol. The highest BCUT2D eigenvalue weighted by Gasteiger charge is 2.42. The summed E-state index contributed by atoms with van der Waals surface area (Å²) < 4.78 is 5.36. The number of amides is 1. The molecule has 5 heteroatoms. The number of nitrogens with zero attached hydrogens (tertiary/aromatic N) is 1. The van der Waals surface area contributed by atoms with Gasteiger partial charge in [-0.05, 0) is 37.8 Å². The van der Waals surface area contributed by atoms with Crippen LogP contribution in [0.25, 0.3) is 11.5 Å². The molecule has 5 nitrogen and oxygen atoms in total. The number of carbonyl (C=O) groups excluding carboxylic acids is 1. The SMILES string of the molecule is CC(CO)(NC(=O)c1coc(-c2ccccc2)n1)C1CC1. The maximum Gasteiger partial charge on any atom is 0.273 e. The molecule has 1 saturated carbocycles. The molecule has 0 aliphatic heterocycles. The quantitative estimate of drug-likeness (QED) is 0.884. The summed E-state index contributed by atoms with van der Waals surface area (Å²) in [6.45, 7) is 1.79. The van der Waals surface area contributed by atoms with Crippen molar-refractivity contribution in [3.05, 3.63) is 42.3 Å². The Morgan fingerprint density at radius 3 is 2.76 bits per heavy atom. The summed E-state index contributed by atoms with van der Waals surface area (Å²) in [6.07, 6.45) is 3.42. The van der Waals surface area contributed by atoms with Crippen molar-refractivity contribution in [3.63, 3.8) is 0 Å². The first kappa shape index (κ1) is 13.8. The van der Waals surface area contributed by atoms with Crippen LogP contribution in [-0.2, 0) is 0 Å². The summed E-state index contributed by atoms with van der Waals surface area (Å²) in [7, 11) is 0. The smallest absolute Gasteiger partial charge is 0.273 e. The van der Waals surface area contributed by atoms with Gasteiger partial charge in [0.2, 0.25) is 5.89 Å². The highest BCUT2D eigenvalue weighted by molar-refractivity contribution is 5.93. The van der Waals surface area contributed by atoms with Crippen LogP contribution in [0, 0.1) is 5.92 Å². The van der Waals surface area contributed by atoms with Crippen LogP contribution in [0.15, 0.2) is 41.0 Å². The van der Waals surface area contributed by atoms with Gasteiger partial charge in [0.25, 0.3) is 5.91 Å². The Balaban J connectivity index is 1.75. The van der Waals surface area contributed by atoms with Gasteiger partial charge in [0.05, 0.1) is 12.1 Å². The molecule has 1 aliphatic rings. The van der Waals surface area contributed by atoms with E-state index in [1.54, 1.807) is 0 Å². The third kappa shape index (κ3) is 2.83. The van der Waals surface area contributed by atoms with Crippen molar-refractivity contribution in [2.75, 3.05) is 6.61 Å². The number of hydrogen-bond acceptors (Lipinski definition) is 4. The Hall–Kier alpha value is -2.14. The number of rotatable bonds is 5. The number of carbonyl (C=O) groups is 1. The van der Waals surface area contributed by atoms with E-state index < -0.39 is 5.54 Å². The first-order valence-electron chi connectivity index (χ1n) is 7.07. The minimum Gasteiger partial charge on any atom is -0.444 e. The minimum absolute atomic E-state index is 0.0766. The van der Waals surface area contributed by atoms with Crippen LogP contribution in [0.2, 0.25) is 0 Å². The zero-order valence-corrected chi connectivity index (χ0v) is 11.9. The van der Waals surface area contributed by atoms with Crippen LogP contribution in [0.4, 0.5) is 0 Å². The second-order valence-electron chi connectivity index (χ2n) is 5.71. The fraction of sp³-hybridized carbons (Fsp3) is 0.375. The van der Waals surface area contributed by atoms with Crippen molar-refractivity contribution in [1.82, 2.24) is 10.3 Å². The Labute approximate surface area is 123 Å². The van der Waals surface area contributed by atoms with Crippen molar-refractivity contribution in [1.29, 1.82) is 0 Å². The van der Waals surface area contributed by atoms with E-state index >= 15 is 0 Å². The number of aliphatic hydroxyl groups excluding tert-OH is 1. The predicted molar refractivity (Wildman–Crippen MR) is 77.6 cm³/mol. The van der Waals surface area contributed by atoms with Crippen molar-refractivity contribution >= 4 is 5.91 Å². The van der Waals surface area contributed by atoms with E-state index in [0.29, 0.717) is 11.8 Å². The molecule has 1 aliphatic carbocycles. The molecule has 3 rings (SSSR count). The van der Waals surface area contributed by atoms with Crippen molar-refractivity contribution in [2.45, 2.75) is 25.3 Å². The van der Waals surface area contributed by atoms with Gasteiger partial charge in [0.1, 0.15) is 6.26 Å². The maximum atomic E-state index is 12.3. The van der Waals surface area contributed by atoms with Gasteiger partial charge in [-0.15, -0.1) is 0 Å². The molecule has 2 aromatic rings. The lowest BCUT2D eigenvalue weighted by Crippen LogP contribution is -2.50. The molecular formula is C16H18N2O3. The van der Waals surface area contributed by atoms with Gasteiger partial charge < -0.3 is 14.8 Å². The molecule has 1 aromatic heterocycles. The van der Waals surface area contributed by atoms with Crippen LogP contribution in [0.3, 0.4) is 0 Å². The predicted octanol–water partition coefficient (Wildman–Crippen LogP) is 2.23. The Bertz CT molecular complexity index is 634. The molecule has 0 saturated heterocycles. The molecule has 0 bridgehead atoms. The summed E-state index contributed by atoms with van der Waals surface area (Å²) in [4.78, 5) is 16.5. The number of benzene rings is 1. The normalized spacial score (nSPS) is 17.2. The van der Waals surface area contributed by atoms with Gasteiger partial charge in [0, 0.05) is 5.56 Å². The van der Waals surface area contributed by atoms with Gasteiger partial charge in [-0.1, -0.05) is 18.2 Å². The Morgan fingerprint density at radius 2 is 2.14 bits per heavy atom. The molecule has 1 heterocycles. The van der Waals surface area contributed by atoms with Gasteiger partial charge >= 0.3 is 0 Å². The standard InChI is InChI=1S/C16H18N2O3/c1-16(10-19,12-7-8-12)18-14(20)13-9-21-15(17-13)11-5-3-2-4-6-11/h2-6,9,12,19H,7-8,10H2,1H3,(H,18,20). The average molecular weight is 286 g/mol. The fourth-order valence-corrected chi connectivity index (χ4v) is 2.41. The maximum absolute atomic E-state index is 12.3. The molecule has 1 amide bonds. The Morgan fingerprint density at radius 1 is 1.43 bits per heavy atom. The third-order valence-corrected chi connectivity index (χ3v) is 3.96. The average Bonchev–Trinajstić information content (AvgIpc) is 3.26. The zero-order valence-electron chi connectivity index (χ0n) is 11.9. The lowest BCUT2D eigenvalue weighted by molar-refractivity contribution is 0.0819.